The Kier molecular flexibility index (Phi) is 4.79. The molecule has 5 heterocycles. The minimum Gasteiger partial charge on any atom is -0.389 e. The fourth-order valence-electron chi connectivity index (χ4n) is 3.54. The van der Waals surface area contributed by atoms with Gasteiger partial charge >= 0.3 is 0 Å². The second-order valence-corrected chi connectivity index (χ2v) is 9.05. The number of aromatic amines is 1. The number of H-pyrrole nitrogens is 1. The molecule has 1 fully saturated rings. The second kappa shape index (κ2) is 7.36. The predicted molar refractivity (Wildman–Crippen MR) is 116 cm³/mol. The van der Waals surface area contributed by atoms with Gasteiger partial charge in [0.1, 0.15) is 17.0 Å². The zero-order valence-electron chi connectivity index (χ0n) is 16.8. The molecule has 0 radical (unpaired) electrons. The summed E-state index contributed by atoms with van der Waals surface area (Å²) in [7, 11) is 0. The van der Waals surface area contributed by atoms with Crippen molar-refractivity contribution in [2.24, 2.45) is 0 Å². The number of aliphatic hydroxyl groups is 1. The predicted octanol–water partition coefficient (Wildman–Crippen LogP) is 3.23. The molecule has 0 bridgehead atoms. The van der Waals surface area contributed by atoms with E-state index in [9.17, 15) is 5.11 Å². The summed E-state index contributed by atoms with van der Waals surface area (Å²) in [6, 6.07) is 2.13. The van der Waals surface area contributed by atoms with Crippen LogP contribution in [-0.2, 0) is 6.42 Å². The first-order chi connectivity index (χ1) is 14.4. The number of hydrogen-bond acceptors (Lipinski definition) is 8. The van der Waals surface area contributed by atoms with Gasteiger partial charge in [-0.2, -0.15) is 0 Å². The van der Waals surface area contributed by atoms with Crippen LogP contribution in [0.5, 0.6) is 0 Å². The molecule has 0 atom stereocenters. The normalized spacial score (nSPS) is 14.9. The molecule has 11 heteroatoms. The van der Waals surface area contributed by atoms with E-state index in [0.717, 1.165) is 39.4 Å². The van der Waals surface area contributed by atoms with Crippen LogP contribution in [-0.4, -0.2) is 59.2 Å². The fourth-order valence-corrected chi connectivity index (χ4v) is 4.65. The topological polar surface area (TPSA) is 109 Å². The number of pyridine rings is 1. The Morgan fingerprint density at radius 2 is 2.13 bits per heavy atom. The molecule has 4 aromatic heterocycles. The van der Waals surface area contributed by atoms with Gasteiger partial charge in [-0.3, -0.25) is 0 Å². The zero-order chi connectivity index (χ0) is 21.0. The third kappa shape index (κ3) is 3.19. The number of halogens is 1. The molecule has 1 saturated heterocycles. The lowest BCUT2D eigenvalue weighted by Crippen LogP contribution is -2.51. The van der Waals surface area contributed by atoms with E-state index in [0.29, 0.717) is 28.9 Å². The van der Waals surface area contributed by atoms with Gasteiger partial charge in [0.05, 0.1) is 22.6 Å². The highest BCUT2D eigenvalue weighted by Crippen LogP contribution is 2.38. The van der Waals surface area contributed by atoms with E-state index in [-0.39, 0.29) is 12.1 Å². The summed E-state index contributed by atoms with van der Waals surface area (Å²) in [4.78, 5) is 20.2. The Balaban J connectivity index is 1.55. The molecule has 156 valence electrons. The van der Waals surface area contributed by atoms with Crippen LogP contribution in [0.25, 0.3) is 22.2 Å². The van der Waals surface area contributed by atoms with Gasteiger partial charge in [-0.1, -0.05) is 23.7 Å². The summed E-state index contributed by atoms with van der Waals surface area (Å²) in [5.74, 6) is 0.744. The Bertz CT molecular complexity index is 1250. The molecule has 2 N–H and O–H groups in total. The van der Waals surface area contributed by atoms with Gasteiger partial charge < -0.3 is 15.0 Å². The molecule has 0 saturated carbocycles. The van der Waals surface area contributed by atoms with E-state index >= 15 is 0 Å². The first kappa shape index (κ1) is 19.5. The lowest BCUT2D eigenvalue weighted by Gasteiger charge is -2.37. The van der Waals surface area contributed by atoms with E-state index in [2.05, 4.69) is 25.3 Å². The van der Waals surface area contributed by atoms with Crippen molar-refractivity contribution in [3.63, 3.8) is 0 Å². The number of rotatable bonds is 5. The summed E-state index contributed by atoms with van der Waals surface area (Å²) >= 11 is 8.01. The summed E-state index contributed by atoms with van der Waals surface area (Å²) in [5.41, 5.74) is 3.12. The van der Waals surface area contributed by atoms with Crippen molar-refractivity contribution < 1.29 is 5.11 Å². The Morgan fingerprint density at radius 3 is 2.83 bits per heavy atom. The summed E-state index contributed by atoms with van der Waals surface area (Å²) in [6.45, 7) is 7.19. The number of aryl methyl sites for hydroxylation is 1. The van der Waals surface area contributed by atoms with Gasteiger partial charge in [0, 0.05) is 29.9 Å². The van der Waals surface area contributed by atoms with Crippen molar-refractivity contribution in [2.45, 2.75) is 49.4 Å². The Hall–Kier alpha value is -2.43. The molecule has 1 aliphatic heterocycles. The molecule has 9 nitrogen and oxygen atoms in total. The average molecular weight is 445 g/mol. The first-order valence-corrected chi connectivity index (χ1v) is 11.0. The SMILES string of the molecule is CCc1[nH]c2nc(Sc3cnc4c(c3)nnn4C(C)C)nc(N3CC(O)C3)c2c1Cl. The number of fused-ring (bicyclic) bond motifs is 2. The van der Waals surface area contributed by atoms with Gasteiger partial charge in [-0.25, -0.2) is 19.6 Å². The maximum Gasteiger partial charge on any atom is 0.196 e. The quantitative estimate of drug-likeness (QED) is 0.451. The van der Waals surface area contributed by atoms with Crippen LogP contribution in [0.1, 0.15) is 32.5 Å². The molecular formula is C19H21ClN8OS. The van der Waals surface area contributed by atoms with Crippen molar-refractivity contribution in [1.82, 2.24) is 34.9 Å². The number of anilines is 1. The highest BCUT2D eigenvalue weighted by molar-refractivity contribution is 7.99. The van der Waals surface area contributed by atoms with Gasteiger partial charge in [0.15, 0.2) is 10.8 Å². The monoisotopic (exact) mass is 444 g/mol. The van der Waals surface area contributed by atoms with Crippen LogP contribution in [0.3, 0.4) is 0 Å². The molecule has 0 amide bonds. The second-order valence-electron chi connectivity index (χ2n) is 7.63. The number of nitrogens with one attached hydrogen (secondary N) is 1. The zero-order valence-corrected chi connectivity index (χ0v) is 18.4. The lowest BCUT2D eigenvalue weighted by molar-refractivity contribution is 0.141. The highest BCUT2D eigenvalue weighted by Gasteiger charge is 2.30. The molecule has 0 aliphatic carbocycles. The minimum absolute atomic E-state index is 0.187. The number of nitrogens with zero attached hydrogens (tertiary/aromatic N) is 7. The van der Waals surface area contributed by atoms with Crippen LogP contribution in [0.4, 0.5) is 5.82 Å². The number of aromatic nitrogens is 7. The van der Waals surface area contributed by atoms with E-state index < -0.39 is 0 Å². The number of hydrogen-bond donors (Lipinski definition) is 2. The minimum atomic E-state index is -0.343. The van der Waals surface area contributed by atoms with Crippen molar-refractivity contribution in [3.05, 3.63) is 23.0 Å². The van der Waals surface area contributed by atoms with E-state index in [1.807, 2.05) is 31.7 Å². The van der Waals surface area contributed by atoms with Crippen LogP contribution < -0.4 is 4.90 Å². The Labute approximate surface area is 181 Å². The summed E-state index contributed by atoms with van der Waals surface area (Å²) in [6.07, 6.45) is 2.21. The van der Waals surface area contributed by atoms with Crippen LogP contribution in [0.15, 0.2) is 22.3 Å². The number of aliphatic hydroxyl groups excluding tert-OH is 1. The first-order valence-electron chi connectivity index (χ1n) is 9.84. The van der Waals surface area contributed by atoms with Gasteiger partial charge in [0.2, 0.25) is 0 Å². The largest absolute Gasteiger partial charge is 0.389 e. The van der Waals surface area contributed by atoms with Crippen LogP contribution in [0.2, 0.25) is 5.02 Å². The molecule has 4 aromatic rings. The van der Waals surface area contributed by atoms with Gasteiger partial charge in [0.25, 0.3) is 0 Å². The van der Waals surface area contributed by atoms with Crippen molar-refractivity contribution in [2.75, 3.05) is 18.0 Å². The molecule has 30 heavy (non-hydrogen) atoms. The standard InChI is InChI=1S/C19H21ClN8OS/c1-4-12-15(20)14-16(22-12)23-19(24-18(14)27-7-10(29)8-27)30-11-5-13-17(21-6-11)28(9(2)3)26-25-13/h5-6,9-10,29H,4,7-8H2,1-3H3,(H,22,23,24). The average Bonchev–Trinajstić information content (AvgIpc) is 3.25. The molecule has 0 aromatic carbocycles. The molecule has 0 spiro atoms. The van der Waals surface area contributed by atoms with E-state index in [4.69, 9.17) is 16.6 Å². The van der Waals surface area contributed by atoms with Crippen molar-refractivity contribution in [1.29, 1.82) is 0 Å². The van der Waals surface area contributed by atoms with Crippen molar-refractivity contribution in [3.8, 4) is 0 Å². The highest BCUT2D eigenvalue weighted by atomic mass is 35.5. The molecule has 1 aliphatic rings. The maximum atomic E-state index is 9.76. The summed E-state index contributed by atoms with van der Waals surface area (Å²) < 4.78 is 1.80. The van der Waals surface area contributed by atoms with E-state index in [1.165, 1.54) is 11.8 Å². The molecule has 5 rings (SSSR count). The van der Waals surface area contributed by atoms with Crippen LogP contribution >= 0.6 is 23.4 Å². The smallest absolute Gasteiger partial charge is 0.196 e. The Morgan fingerprint density at radius 1 is 1.33 bits per heavy atom. The summed E-state index contributed by atoms with van der Waals surface area (Å²) in [5, 5.41) is 20.2. The molecular weight excluding hydrogens is 424 g/mol. The molecule has 0 unspecified atom stereocenters. The van der Waals surface area contributed by atoms with Gasteiger partial charge in [-0.05, 0) is 38.1 Å². The van der Waals surface area contributed by atoms with E-state index in [1.54, 1.807) is 10.9 Å². The maximum absolute atomic E-state index is 9.76. The fraction of sp³-hybridized carbons (Fsp3) is 0.421. The van der Waals surface area contributed by atoms with Crippen molar-refractivity contribution >= 4 is 51.4 Å². The van der Waals surface area contributed by atoms with Gasteiger partial charge in [-0.15, -0.1) is 5.10 Å². The lowest BCUT2D eigenvalue weighted by atomic mass is 10.1. The third-order valence-electron chi connectivity index (χ3n) is 5.12. The van der Waals surface area contributed by atoms with Crippen LogP contribution in [0, 0.1) is 0 Å². The third-order valence-corrected chi connectivity index (χ3v) is 6.37. The number of β-amino-alcohol motifs (C(OH)–C–C–N with tert-alkyl or cyclic N) is 1.